The number of carbonyl (C=O) groups excluding carboxylic acids is 1. The predicted octanol–water partition coefficient (Wildman–Crippen LogP) is 2.32. The molecule has 0 fully saturated rings. The van der Waals surface area contributed by atoms with Crippen molar-refractivity contribution in [3.8, 4) is 23.0 Å². The third-order valence-corrected chi connectivity index (χ3v) is 4.36. The fourth-order valence-electron chi connectivity index (χ4n) is 3.00. The molecule has 0 saturated heterocycles. The first-order valence-corrected chi connectivity index (χ1v) is 8.66. The van der Waals surface area contributed by atoms with E-state index in [-0.39, 0.29) is 24.0 Å². The Bertz CT molecular complexity index is 1180. The second kappa shape index (κ2) is 7.50. The normalized spacial score (nSPS) is 10.8. The fraction of sp³-hybridized carbons (Fsp3) is 0.158. The molecule has 10 heteroatoms. The molecule has 0 radical (unpaired) electrons. The minimum absolute atomic E-state index is 0.0304. The van der Waals surface area contributed by atoms with E-state index >= 15 is 0 Å². The summed E-state index contributed by atoms with van der Waals surface area (Å²) < 4.78 is 16.9. The second-order valence-corrected chi connectivity index (χ2v) is 6.12. The first kappa shape index (κ1) is 18.3. The van der Waals surface area contributed by atoms with Crippen molar-refractivity contribution in [2.24, 2.45) is 0 Å². The molecule has 10 nitrogen and oxygen atoms in total. The van der Waals surface area contributed by atoms with Gasteiger partial charge in [-0.2, -0.15) is 0 Å². The molecule has 4 aromatic rings. The number of rotatable bonds is 6. The topological polar surface area (TPSA) is 130 Å². The smallest absolute Gasteiger partial charge is 0.244 e. The highest BCUT2D eigenvalue weighted by Crippen LogP contribution is 2.30. The Kier molecular flexibility index (Phi) is 4.73. The van der Waals surface area contributed by atoms with Gasteiger partial charge in [-0.3, -0.25) is 4.79 Å². The Morgan fingerprint density at radius 1 is 1.17 bits per heavy atom. The van der Waals surface area contributed by atoms with Gasteiger partial charge in [-0.25, -0.2) is 9.61 Å². The van der Waals surface area contributed by atoms with Crippen molar-refractivity contribution < 1.29 is 18.9 Å². The number of aromatic nitrogens is 4. The molecule has 0 aliphatic rings. The molecule has 2 heterocycles. The zero-order chi connectivity index (χ0) is 20.4. The van der Waals surface area contributed by atoms with Gasteiger partial charge in [0.2, 0.25) is 5.91 Å². The monoisotopic (exact) mass is 394 g/mol. The molecule has 0 unspecified atom stereocenters. The summed E-state index contributed by atoms with van der Waals surface area (Å²) in [5.41, 5.74) is 8.07. The van der Waals surface area contributed by atoms with Gasteiger partial charge in [0, 0.05) is 6.07 Å². The van der Waals surface area contributed by atoms with E-state index in [2.05, 4.69) is 20.6 Å². The van der Waals surface area contributed by atoms with Crippen LogP contribution in [0.2, 0.25) is 0 Å². The number of benzene rings is 2. The van der Waals surface area contributed by atoms with Gasteiger partial charge in [-0.15, -0.1) is 0 Å². The van der Waals surface area contributed by atoms with Gasteiger partial charge < -0.3 is 25.1 Å². The molecular formula is C19H18N6O4. The zero-order valence-electron chi connectivity index (χ0n) is 15.7. The maximum Gasteiger partial charge on any atom is 0.244 e. The van der Waals surface area contributed by atoms with E-state index in [1.54, 1.807) is 29.9 Å². The highest BCUT2D eigenvalue weighted by molar-refractivity contribution is 5.94. The van der Waals surface area contributed by atoms with E-state index in [0.717, 1.165) is 5.52 Å². The number of amides is 1. The third kappa shape index (κ3) is 3.43. The summed E-state index contributed by atoms with van der Waals surface area (Å²) in [6.07, 6.45) is 0. The number of methoxy groups -OCH3 is 2. The minimum atomic E-state index is -0.284. The standard InChI is InChI=1S/C19H18N6O4/c1-27-11-7-8-13(15(9-11)28-2)21-16(26)10-25-14-6-4-3-5-12(14)22-19(25)17-18(20)24-29-23-17/h3-9H,10H2,1-2H3,(H2,20,24)(H,21,26). The molecule has 29 heavy (non-hydrogen) atoms. The first-order valence-electron chi connectivity index (χ1n) is 8.66. The van der Waals surface area contributed by atoms with E-state index in [1.807, 2.05) is 24.3 Å². The Balaban J connectivity index is 1.68. The lowest BCUT2D eigenvalue weighted by Crippen LogP contribution is -2.20. The lowest BCUT2D eigenvalue weighted by Gasteiger charge is -2.13. The van der Waals surface area contributed by atoms with Crippen LogP contribution in [0.4, 0.5) is 11.5 Å². The number of nitrogens with one attached hydrogen (secondary N) is 1. The van der Waals surface area contributed by atoms with Crippen LogP contribution in [0.5, 0.6) is 11.5 Å². The van der Waals surface area contributed by atoms with Crippen LogP contribution >= 0.6 is 0 Å². The van der Waals surface area contributed by atoms with Gasteiger partial charge >= 0.3 is 0 Å². The number of nitrogen functional groups attached to an aromatic ring is 1. The van der Waals surface area contributed by atoms with E-state index in [0.29, 0.717) is 28.5 Å². The van der Waals surface area contributed by atoms with E-state index in [9.17, 15) is 4.79 Å². The number of imidazole rings is 1. The summed E-state index contributed by atoms with van der Waals surface area (Å²) >= 11 is 0. The van der Waals surface area contributed by atoms with Gasteiger partial charge in [0.05, 0.1) is 30.9 Å². The van der Waals surface area contributed by atoms with Crippen molar-refractivity contribution in [2.45, 2.75) is 6.54 Å². The summed E-state index contributed by atoms with van der Waals surface area (Å²) in [6.45, 7) is -0.0304. The largest absolute Gasteiger partial charge is 0.497 e. The van der Waals surface area contributed by atoms with Crippen LogP contribution in [-0.2, 0) is 11.3 Å². The minimum Gasteiger partial charge on any atom is -0.497 e. The van der Waals surface area contributed by atoms with Crippen molar-refractivity contribution >= 4 is 28.4 Å². The molecule has 2 aromatic heterocycles. The molecule has 0 bridgehead atoms. The number of nitrogens with two attached hydrogens (primary N) is 1. The highest BCUT2D eigenvalue weighted by Gasteiger charge is 2.21. The van der Waals surface area contributed by atoms with Crippen molar-refractivity contribution in [1.82, 2.24) is 19.9 Å². The van der Waals surface area contributed by atoms with E-state index in [4.69, 9.17) is 19.8 Å². The summed E-state index contributed by atoms with van der Waals surface area (Å²) in [7, 11) is 3.08. The molecule has 1 amide bonds. The van der Waals surface area contributed by atoms with Crippen LogP contribution in [-0.4, -0.2) is 40.0 Å². The fourth-order valence-corrected chi connectivity index (χ4v) is 3.00. The van der Waals surface area contributed by atoms with Crippen LogP contribution in [0.1, 0.15) is 0 Å². The Hall–Kier alpha value is -4.08. The molecule has 4 rings (SSSR count). The van der Waals surface area contributed by atoms with Gasteiger partial charge in [0.1, 0.15) is 18.0 Å². The summed E-state index contributed by atoms with van der Waals surface area (Å²) in [6, 6.07) is 12.5. The SMILES string of the molecule is COc1ccc(NC(=O)Cn2c(-c3nonc3N)nc3ccccc32)c(OC)c1. The summed E-state index contributed by atoms with van der Waals surface area (Å²) in [5.74, 6) is 1.31. The van der Waals surface area contributed by atoms with Crippen LogP contribution < -0.4 is 20.5 Å². The molecule has 0 aliphatic heterocycles. The van der Waals surface area contributed by atoms with Crippen molar-refractivity contribution in [1.29, 1.82) is 0 Å². The Labute approximate surface area is 165 Å². The molecule has 148 valence electrons. The molecule has 0 spiro atoms. The van der Waals surface area contributed by atoms with Crippen molar-refractivity contribution in [3.05, 3.63) is 42.5 Å². The van der Waals surface area contributed by atoms with Gasteiger partial charge in [-0.1, -0.05) is 12.1 Å². The number of ether oxygens (including phenoxy) is 2. The van der Waals surface area contributed by atoms with Gasteiger partial charge in [-0.05, 0) is 34.6 Å². The van der Waals surface area contributed by atoms with E-state index < -0.39 is 0 Å². The van der Waals surface area contributed by atoms with Crippen LogP contribution in [0, 0.1) is 0 Å². The molecule has 0 aliphatic carbocycles. The summed E-state index contributed by atoms with van der Waals surface area (Å²) in [5, 5.41) is 10.3. The lowest BCUT2D eigenvalue weighted by molar-refractivity contribution is -0.116. The van der Waals surface area contributed by atoms with E-state index in [1.165, 1.54) is 7.11 Å². The maximum absolute atomic E-state index is 12.8. The zero-order valence-corrected chi connectivity index (χ0v) is 15.7. The van der Waals surface area contributed by atoms with Crippen LogP contribution in [0.3, 0.4) is 0 Å². The number of anilines is 2. The van der Waals surface area contributed by atoms with Gasteiger partial charge in [0.25, 0.3) is 0 Å². The summed E-state index contributed by atoms with van der Waals surface area (Å²) in [4.78, 5) is 17.3. The maximum atomic E-state index is 12.8. The number of para-hydroxylation sites is 2. The number of carbonyl (C=O) groups is 1. The van der Waals surface area contributed by atoms with Crippen LogP contribution in [0.15, 0.2) is 47.1 Å². The third-order valence-electron chi connectivity index (χ3n) is 4.36. The Morgan fingerprint density at radius 2 is 2.00 bits per heavy atom. The Morgan fingerprint density at radius 3 is 2.72 bits per heavy atom. The van der Waals surface area contributed by atoms with Crippen molar-refractivity contribution in [2.75, 3.05) is 25.3 Å². The molecular weight excluding hydrogens is 376 g/mol. The number of hydrogen-bond acceptors (Lipinski definition) is 8. The average Bonchev–Trinajstić information content (AvgIpc) is 3.31. The first-order chi connectivity index (χ1) is 14.1. The number of fused-ring (bicyclic) bond motifs is 1. The molecule has 0 atom stereocenters. The highest BCUT2D eigenvalue weighted by atomic mass is 16.6. The van der Waals surface area contributed by atoms with Crippen molar-refractivity contribution in [3.63, 3.8) is 0 Å². The number of nitrogens with zero attached hydrogens (tertiary/aromatic N) is 4. The molecule has 0 saturated carbocycles. The van der Waals surface area contributed by atoms with Gasteiger partial charge in [0.15, 0.2) is 17.3 Å². The van der Waals surface area contributed by atoms with Crippen LogP contribution in [0.25, 0.3) is 22.6 Å². The molecule has 2 aromatic carbocycles. The predicted molar refractivity (Wildman–Crippen MR) is 106 cm³/mol. The lowest BCUT2D eigenvalue weighted by atomic mass is 10.2. The average molecular weight is 394 g/mol. The second-order valence-electron chi connectivity index (χ2n) is 6.12. The number of hydrogen-bond donors (Lipinski definition) is 2. The quantitative estimate of drug-likeness (QED) is 0.509. The molecule has 3 N–H and O–H groups in total.